The molecule has 102 valence electrons. The molecule has 1 atom stereocenters. The van der Waals surface area contributed by atoms with Gasteiger partial charge < -0.3 is 4.74 Å². The maximum atomic E-state index is 6.34. The highest BCUT2D eigenvalue weighted by atomic mass is 35.5. The molecule has 0 radical (unpaired) electrons. The SMILES string of the molecule is CCOc1ccccc1C(NN)c1scc(C)c1Cl. The van der Waals surface area contributed by atoms with E-state index in [1.165, 1.54) is 0 Å². The maximum Gasteiger partial charge on any atom is 0.124 e. The van der Waals surface area contributed by atoms with Gasteiger partial charge in [-0.15, -0.1) is 11.3 Å². The van der Waals surface area contributed by atoms with Crippen LogP contribution in [0.25, 0.3) is 0 Å². The van der Waals surface area contributed by atoms with Crippen LogP contribution in [0.5, 0.6) is 5.75 Å². The average molecular weight is 297 g/mol. The van der Waals surface area contributed by atoms with Gasteiger partial charge in [-0.3, -0.25) is 5.84 Å². The van der Waals surface area contributed by atoms with Crippen molar-refractivity contribution in [3.8, 4) is 5.75 Å². The van der Waals surface area contributed by atoms with Gasteiger partial charge in [0, 0.05) is 10.4 Å². The van der Waals surface area contributed by atoms with Crippen LogP contribution in [0.15, 0.2) is 29.6 Å². The molecule has 0 aliphatic heterocycles. The Morgan fingerprint density at radius 3 is 2.74 bits per heavy atom. The minimum absolute atomic E-state index is 0.158. The summed E-state index contributed by atoms with van der Waals surface area (Å²) in [6.07, 6.45) is 0. The lowest BCUT2D eigenvalue weighted by atomic mass is 10.0. The van der Waals surface area contributed by atoms with Crippen molar-refractivity contribution in [3.63, 3.8) is 0 Å². The highest BCUT2D eigenvalue weighted by Gasteiger charge is 2.21. The lowest BCUT2D eigenvalue weighted by Crippen LogP contribution is -2.28. The van der Waals surface area contributed by atoms with Gasteiger partial charge in [0.15, 0.2) is 0 Å². The summed E-state index contributed by atoms with van der Waals surface area (Å²) in [5.74, 6) is 6.55. The monoisotopic (exact) mass is 296 g/mol. The number of thiophene rings is 1. The van der Waals surface area contributed by atoms with Crippen molar-refractivity contribution < 1.29 is 4.74 Å². The number of nitrogens with two attached hydrogens (primary N) is 1. The second kappa shape index (κ2) is 6.39. The molecular weight excluding hydrogens is 280 g/mol. The normalized spacial score (nSPS) is 12.4. The van der Waals surface area contributed by atoms with Gasteiger partial charge in [-0.2, -0.15) is 0 Å². The number of hydrogen-bond acceptors (Lipinski definition) is 4. The summed E-state index contributed by atoms with van der Waals surface area (Å²) in [6.45, 7) is 4.57. The molecule has 0 bridgehead atoms. The van der Waals surface area contributed by atoms with Crippen molar-refractivity contribution in [2.45, 2.75) is 19.9 Å². The second-order valence-electron chi connectivity index (χ2n) is 4.17. The molecule has 0 amide bonds. The summed E-state index contributed by atoms with van der Waals surface area (Å²) < 4.78 is 5.65. The van der Waals surface area contributed by atoms with E-state index in [9.17, 15) is 0 Å². The predicted molar refractivity (Wildman–Crippen MR) is 80.8 cm³/mol. The Morgan fingerprint density at radius 2 is 2.16 bits per heavy atom. The van der Waals surface area contributed by atoms with E-state index in [0.717, 1.165) is 26.8 Å². The number of hydrogen-bond donors (Lipinski definition) is 2. The quantitative estimate of drug-likeness (QED) is 0.654. The van der Waals surface area contributed by atoms with E-state index >= 15 is 0 Å². The Hall–Kier alpha value is -1.07. The number of benzene rings is 1. The van der Waals surface area contributed by atoms with Crippen LogP contribution in [0, 0.1) is 6.92 Å². The molecule has 0 aliphatic rings. The van der Waals surface area contributed by atoms with Crippen LogP contribution in [0.2, 0.25) is 5.02 Å². The number of ether oxygens (including phenoxy) is 1. The van der Waals surface area contributed by atoms with Crippen LogP contribution in [-0.4, -0.2) is 6.61 Å². The Morgan fingerprint density at radius 1 is 1.42 bits per heavy atom. The van der Waals surface area contributed by atoms with Gasteiger partial charge in [0.25, 0.3) is 0 Å². The van der Waals surface area contributed by atoms with Gasteiger partial charge in [0.2, 0.25) is 0 Å². The van der Waals surface area contributed by atoms with Gasteiger partial charge in [0.05, 0.1) is 17.7 Å². The fourth-order valence-electron chi connectivity index (χ4n) is 1.96. The van der Waals surface area contributed by atoms with Gasteiger partial charge in [-0.05, 0) is 30.9 Å². The van der Waals surface area contributed by atoms with Crippen molar-refractivity contribution in [2.75, 3.05) is 6.61 Å². The first-order chi connectivity index (χ1) is 9.19. The highest BCUT2D eigenvalue weighted by Crippen LogP contribution is 2.38. The Kier molecular flexibility index (Phi) is 4.82. The van der Waals surface area contributed by atoms with E-state index in [1.807, 2.05) is 43.5 Å². The number of nitrogens with one attached hydrogen (secondary N) is 1. The zero-order valence-corrected chi connectivity index (χ0v) is 12.5. The number of rotatable bonds is 5. The molecule has 0 fully saturated rings. The van der Waals surface area contributed by atoms with Crippen molar-refractivity contribution in [1.29, 1.82) is 0 Å². The van der Waals surface area contributed by atoms with Crippen molar-refractivity contribution in [2.24, 2.45) is 5.84 Å². The van der Waals surface area contributed by atoms with Gasteiger partial charge in [0.1, 0.15) is 5.75 Å². The average Bonchev–Trinajstić information content (AvgIpc) is 2.74. The van der Waals surface area contributed by atoms with E-state index in [-0.39, 0.29) is 6.04 Å². The summed E-state index contributed by atoms with van der Waals surface area (Å²) in [6, 6.07) is 7.70. The zero-order chi connectivity index (χ0) is 13.8. The molecule has 5 heteroatoms. The summed E-state index contributed by atoms with van der Waals surface area (Å²) in [5.41, 5.74) is 4.90. The molecule has 0 spiro atoms. The maximum absolute atomic E-state index is 6.34. The molecule has 2 aromatic rings. The predicted octanol–water partition coefficient (Wildman–Crippen LogP) is 3.66. The molecule has 1 unspecified atom stereocenters. The standard InChI is InChI=1S/C14H17ClN2OS/c1-3-18-11-7-5-4-6-10(11)13(17-16)14-12(15)9(2)8-19-14/h4-8,13,17H,3,16H2,1-2H3. The van der Waals surface area contributed by atoms with Gasteiger partial charge >= 0.3 is 0 Å². The molecular formula is C14H17ClN2OS. The van der Waals surface area contributed by atoms with Crippen LogP contribution in [-0.2, 0) is 0 Å². The third kappa shape index (κ3) is 2.92. The van der Waals surface area contributed by atoms with Crippen LogP contribution in [0.1, 0.15) is 29.0 Å². The molecule has 0 aliphatic carbocycles. The summed E-state index contributed by atoms with van der Waals surface area (Å²) in [7, 11) is 0. The van der Waals surface area contributed by atoms with Crippen molar-refractivity contribution >= 4 is 22.9 Å². The smallest absolute Gasteiger partial charge is 0.124 e. The molecule has 3 nitrogen and oxygen atoms in total. The molecule has 19 heavy (non-hydrogen) atoms. The molecule has 3 N–H and O–H groups in total. The van der Waals surface area contributed by atoms with Crippen molar-refractivity contribution in [3.05, 3.63) is 50.7 Å². The first-order valence-electron chi connectivity index (χ1n) is 6.10. The number of aryl methyl sites for hydroxylation is 1. The molecule has 2 rings (SSSR count). The van der Waals surface area contributed by atoms with Crippen LogP contribution < -0.4 is 16.0 Å². The largest absolute Gasteiger partial charge is 0.494 e. The fourth-order valence-corrected chi connectivity index (χ4v) is 3.34. The van der Waals surface area contributed by atoms with Gasteiger partial charge in [-0.25, -0.2) is 5.43 Å². The highest BCUT2D eigenvalue weighted by molar-refractivity contribution is 7.10. The molecule has 0 saturated carbocycles. The van der Waals surface area contributed by atoms with Crippen LogP contribution in [0.3, 0.4) is 0 Å². The summed E-state index contributed by atoms with van der Waals surface area (Å²) >= 11 is 7.94. The van der Waals surface area contributed by atoms with E-state index in [4.69, 9.17) is 22.2 Å². The minimum atomic E-state index is -0.158. The number of para-hydroxylation sites is 1. The minimum Gasteiger partial charge on any atom is -0.494 e. The van der Waals surface area contributed by atoms with Gasteiger partial charge in [-0.1, -0.05) is 29.8 Å². The fraction of sp³-hybridized carbons (Fsp3) is 0.286. The Bertz CT molecular complexity index is 556. The zero-order valence-electron chi connectivity index (χ0n) is 10.9. The van der Waals surface area contributed by atoms with E-state index < -0.39 is 0 Å². The number of halogens is 1. The van der Waals surface area contributed by atoms with Crippen LogP contribution >= 0.6 is 22.9 Å². The molecule has 1 aromatic heterocycles. The summed E-state index contributed by atoms with van der Waals surface area (Å²) in [4.78, 5) is 1.01. The molecule has 1 heterocycles. The van der Waals surface area contributed by atoms with Crippen LogP contribution in [0.4, 0.5) is 0 Å². The first-order valence-corrected chi connectivity index (χ1v) is 7.36. The second-order valence-corrected chi connectivity index (χ2v) is 5.46. The lowest BCUT2D eigenvalue weighted by Gasteiger charge is -2.19. The third-order valence-corrected chi connectivity index (χ3v) is 4.66. The molecule has 1 aromatic carbocycles. The molecule has 0 saturated heterocycles. The van der Waals surface area contributed by atoms with E-state index in [1.54, 1.807) is 11.3 Å². The topological polar surface area (TPSA) is 47.3 Å². The number of hydrazine groups is 1. The Labute approximate surface area is 122 Å². The first kappa shape index (κ1) is 14.3. The van der Waals surface area contributed by atoms with Crippen molar-refractivity contribution in [1.82, 2.24) is 5.43 Å². The summed E-state index contributed by atoms with van der Waals surface area (Å²) in [5, 5.41) is 2.80. The Balaban J connectivity index is 2.45. The lowest BCUT2D eigenvalue weighted by molar-refractivity contribution is 0.334. The van der Waals surface area contributed by atoms with E-state index in [2.05, 4.69) is 5.43 Å². The third-order valence-electron chi connectivity index (χ3n) is 2.88. The van der Waals surface area contributed by atoms with E-state index in [0.29, 0.717) is 6.61 Å².